The monoisotopic (exact) mass is 233 g/mol. The SMILES string of the molecule is Cc1cc(Sc2ncco2)ccc1C(=N)N. The predicted molar refractivity (Wildman–Crippen MR) is 62.8 cm³/mol. The number of amidine groups is 1. The highest BCUT2D eigenvalue weighted by atomic mass is 32.2. The molecule has 1 heterocycles. The normalized spacial score (nSPS) is 10.3. The van der Waals surface area contributed by atoms with Gasteiger partial charge < -0.3 is 10.2 Å². The first-order valence-corrected chi connectivity index (χ1v) is 5.51. The van der Waals surface area contributed by atoms with E-state index in [2.05, 4.69) is 4.98 Å². The molecule has 0 spiro atoms. The summed E-state index contributed by atoms with van der Waals surface area (Å²) in [4.78, 5) is 5.05. The first kappa shape index (κ1) is 10.8. The van der Waals surface area contributed by atoms with Crippen LogP contribution in [0.5, 0.6) is 0 Å². The van der Waals surface area contributed by atoms with Gasteiger partial charge in [-0.05, 0) is 42.4 Å². The molecule has 1 aromatic carbocycles. The lowest BCUT2D eigenvalue weighted by Crippen LogP contribution is -2.12. The molecule has 16 heavy (non-hydrogen) atoms. The Balaban J connectivity index is 2.24. The maximum atomic E-state index is 7.38. The summed E-state index contributed by atoms with van der Waals surface area (Å²) in [6, 6.07) is 5.70. The van der Waals surface area contributed by atoms with Crippen molar-refractivity contribution in [1.29, 1.82) is 5.41 Å². The molecule has 3 N–H and O–H groups in total. The Kier molecular flexibility index (Phi) is 2.96. The van der Waals surface area contributed by atoms with Gasteiger partial charge >= 0.3 is 0 Å². The largest absolute Gasteiger partial charge is 0.440 e. The number of aryl methyl sites for hydroxylation is 1. The topological polar surface area (TPSA) is 75.9 Å². The molecule has 1 aromatic heterocycles. The first-order valence-electron chi connectivity index (χ1n) is 4.69. The van der Waals surface area contributed by atoms with Crippen molar-refractivity contribution >= 4 is 17.6 Å². The molecule has 0 fully saturated rings. The fraction of sp³-hybridized carbons (Fsp3) is 0.0909. The van der Waals surface area contributed by atoms with Crippen molar-refractivity contribution in [3.8, 4) is 0 Å². The molecule has 0 saturated carbocycles. The molecule has 0 unspecified atom stereocenters. The molecule has 0 aliphatic rings. The minimum absolute atomic E-state index is 0.0881. The summed E-state index contributed by atoms with van der Waals surface area (Å²) in [6.45, 7) is 1.93. The number of hydrogen-bond acceptors (Lipinski definition) is 4. The van der Waals surface area contributed by atoms with E-state index in [1.54, 1.807) is 12.5 Å². The maximum absolute atomic E-state index is 7.38. The van der Waals surface area contributed by atoms with Crippen LogP contribution in [0.4, 0.5) is 0 Å². The van der Waals surface area contributed by atoms with Gasteiger partial charge in [0, 0.05) is 10.5 Å². The van der Waals surface area contributed by atoms with E-state index in [4.69, 9.17) is 15.6 Å². The van der Waals surface area contributed by atoms with Crippen LogP contribution in [0.25, 0.3) is 0 Å². The smallest absolute Gasteiger partial charge is 0.260 e. The molecule has 5 heteroatoms. The van der Waals surface area contributed by atoms with Crippen LogP contribution in [0, 0.1) is 12.3 Å². The number of aromatic nitrogens is 1. The van der Waals surface area contributed by atoms with Crippen molar-refractivity contribution in [2.45, 2.75) is 17.0 Å². The lowest BCUT2D eigenvalue weighted by molar-refractivity contribution is 0.454. The van der Waals surface area contributed by atoms with Gasteiger partial charge in [0.15, 0.2) is 0 Å². The van der Waals surface area contributed by atoms with Crippen molar-refractivity contribution in [2.75, 3.05) is 0 Å². The van der Waals surface area contributed by atoms with Crippen LogP contribution in [0.1, 0.15) is 11.1 Å². The predicted octanol–water partition coefficient (Wildman–Crippen LogP) is 2.42. The number of rotatable bonds is 3. The van der Waals surface area contributed by atoms with E-state index < -0.39 is 0 Å². The average molecular weight is 233 g/mol. The standard InChI is InChI=1S/C11H11N3OS/c1-7-6-8(2-3-9(7)10(12)13)16-11-14-4-5-15-11/h2-6H,1H3,(H3,12,13). The number of nitrogens with zero attached hydrogens (tertiary/aromatic N) is 1. The number of nitrogens with one attached hydrogen (secondary N) is 1. The first-order chi connectivity index (χ1) is 7.66. The summed E-state index contributed by atoms with van der Waals surface area (Å²) in [6.07, 6.45) is 3.15. The van der Waals surface area contributed by atoms with Crippen molar-refractivity contribution in [3.05, 3.63) is 41.8 Å². The van der Waals surface area contributed by atoms with E-state index in [9.17, 15) is 0 Å². The van der Waals surface area contributed by atoms with E-state index in [1.807, 2.05) is 25.1 Å². The van der Waals surface area contributed by atoms with Crippen LogP contribution in [-0.4, -0.2) is 10.8 Å². The van der Waals surface area contributed by atoms with E-state index >= 15 is 0 Å². The van der Waals surface area contributed by atoms with Gasteiger partial charge in [0.1, 0.15) is 12.1 Å². The molecule has 0 atom stereocenters. The zero-order chi connectivity index (χ0) is 11.5. The van der Waals surface area contributed by atoms with Gasteiger partial charge in [0.05, 0.1) is 6.20 Å². The number of nitrogen functional groups attached to an aromatic ring is 1. The summed E-state index contributed by atoms with van der Waals surface area (Å²) < 4.78 is 5.14. The molecule has 2 aromatic rings. The summed E-state index contributed by atoms with van der Waals surface area (Å²) in [5, 5.41) is 7.99. The van der Waals surface area contributed by atoms with Crippen LogP contribution in [0.15, 0.2) is 45.2 Å². The van der Waals surface area contributed by atoms with Gasteiger partial charge in [-0.1, -0.05) is 0 Å². The quantitative estimate of drug-likeness (QED) is 0.630. The zero-order valence-electron chi connectivity index (χ0n) is 8.73. The second kappa shape index (κ2) is 4.40. The Morgan fingerprint density at radius 3 is 2.88 bits per heavy atom. The van der Waals surface area contributed by atoms with Crippen LogP contribution in [0.3, 0.4) is 0 Å². The highest BCUT2D eigenvalue weighted by Gasteiger charge is 2.05. The lowest BCUT2D eigenvalue weighted by atomic mass is 10.1. The molecule has 4 nitrogen and oxygen atoms in total. The molecular formula is C11H11N3OS. The third-order valence-electron chi connectivity index (χ3n) is 2.10. The summed E-state index contributed by atoms with van der Waals surface area (Å²) in [5.74, 6) is 0.0881. The number of hydrogen-bond donors (Lipinski definition) is 2. The molecule has 0 radical (unpaired) electrons. The highest BCUT2D eigenvalue weighted by molar-refractivity contribution is 7.99. The molecule has 0 bridgehead atoms. The number of oxazole rings is 1. The molecule has 2 rings (SSSR count). The molecule has 0 saturated heterocycles. The van der Waals surface area contributed by atoms with E-state index in [0.29, 0.717) is 5.22 Å². The third kappa shape index (κ3) is 2.25. The molecule has 0 amide bonds. The lowest BCUT2D eigenvalue weighted by Gasteiger charge is -2.05. The molecule has 0 aliphatic carbocycles. The molecule has 0 aliphatic heterocycles. The van der Waals surface area contributed by atoms with Crippen LogP contribution < -0.4 is 5.73 Å². The van der Waals surface area contributed by atoms with Crippen molar-refractivity contribution < 1.29 is 4.42 Å². The van der Waals surface area contributed by atoms with Gasteiger partial charge in [-0.25, -0.2) is 4.98 Å². The summed E-state index contributed by atoms with van der Waals surface area (Å²) >= 11 is 1.44. The van der Waals surface area contributed by atoms with Crippen molar-refractivity contribution in [2.24, 2.45) is 5.73 Å². The van der Waals surface area contributed by atoms with Gasteiger partial charge in [0.25, 0.3) is 5.22 Å². The molecule has 82 valence electrons. The Morgan fingerprint density at radius 1 is 1.50 bits per heavy atom. The van der Waals surface area contributed by atoms with Gasteiger partial charge in [0.2, 0.25) is 0 Å². The van der Waals surface area contributed by atoms with Crippen molar-refractivity contribution in [1.82, 2.24) is 4.98 Å². The van der Waals surface area contributed by atoms with E-state index in [-0.39, 0.29) is 5.84 Å². The second-order valence-electron chi connectivity index (χ2n) is 3.29. The minimum atomic E-state index is 0.0881. The Hall–Kier alpha value is -1.75. The highest BCUT2D eigenvalue weighted by Crippen LogP contribution is 2.27. The van der Waals surface area contributed by atoms with Crippen LogP contribution in [-0.2, 0) is 0 Å². The third-order valence-corrected chi connectivity index (χ3v) is 2.97. The van der Waals surface area contributed by atoms with E-state index in [1.165, 1.54) is 11.8 Å². The number of benzene rings is 1. The van der Waals surface area contributed by atoms with Gasteiger partial charge in [-0.15, -0.1) is 0 Å². The molecular weight excluding hydrogens is 222 g/mol. The minimum Gasteiger partial charge on any atom is -0.440 e. The average Bonchev–Trinajstić information content (AvgIpc) is 2.70. The fourth-order valence-corrected chi connectivity index (χ4v) is 2.15. The Morgan fingerprint density at radius 2 is 2.31 bits per heavy atom. The van der Waals surface area contributed by atoms with Gasteiger partial charge in [-0.3, -0.25) is 5.41 Å². The maximum Gasteiger partial charge on any atom is 0.260 e. The van der Waals surface area contributed by atoms with Crippen LogP contribution >= 0.6 is 11.8 Å². The summed E-state index contributed by atoms with van der Waals surface area (Å²) in [5.41, 5.74) is 7.18. The number of nitrogens with two attached hydrogens (primary N) is 1. The fourth-order valence-electron chi connectivity index (χ4n) is 1.36. The van der Waals surface area contributed by atoms with E-state index in [0.717, 1.165) is 16.0 Å². The summed E-state index contributed by atoms with van der Waals surface area (Å²) in [7, 11) is 0. The van der Waals surface area contributed by atoms with Crippen molar-refractivity contribution in [3.63, 3.8) is 0 Å². The Bertz CT molecular complexity index is 508. The zero-order valence-corrected chi connectivity index (χ0v) is 9.54. The van der Waals surface area contributed by atoms with Gasteiger partial charge in [-0.2, -0.15) is 0 Å². The Labute approximate surface area is 97.4 Å². The van der Waals surface area contributed by atoms with Crippen LogP contribution in [0.2, 0.25) is 0 Å². The second-order valence-corrected chi connectivity index (χ2v) is 4.32.